The summed E-state index contributed by atoms with van der Waals surface area (Å²) >= 11 is 0. The third-order valence-electron chi connectivity index (χ3n) is 3.14. The molecule has 2 aromatic carbocycles. The maximum atomic E-state index is 11.2. The number of benzene rings is 2. The number of aryl methyl sites for hydroxylation is 2. The minimum absolute atomic E-state index is 0.610. The second kappa shape index (κ2) is 6.18. The van der Waals surface area contributed by atoms with Gasteiger partial charge in [0.05, 0.1) is 11.9 Å². The van der Waals surface area contributed by atoms with Crippen molar-refractivity contribution in [3.05, 3.63) is 59.2 Å². The first-order chi connectivity index (χ1) is 9.83. The first-order valence-corrected chi connectivity index (χ1v) is 8.60. The summed E-state index contributed by atoms with van der Waals surface area (Å²) in [6.45, 7) is 4.68. The zero-order valence-electron chi connectivity index (χ0n) is 12.5. The van der Waals surface area contributed by atoms with Crippen LogP contribution in [0.4, 0.5) is 11.4 Å². The molecule has 112 valence electrons. The lowest BCUT2D eigenvalue weighted by Crippen LogP contribution is -2.10. The molecule has 0 bridgehead atoms. The topological polar surface area (TPSA) is 58.2 Å². The van der Waals surface area contributed by atoms with Crippen molar-refractivity contribution < 1.29 is 8.42 Å². The van der Waals surface area contributed by atoms with Gasteiger partial charge in [0.1, 0.15) is 0 Å². The van der Waals surface area contributed by atoms with Gasteiger partial charge in [-0.15, -0.1) is 0 Å². The summed E-state index contributed by atoms with van der Waals surface area (Å²) in [5, 5.41) is 3.33. The van der Waals surface area contributed by atoms with E-state index in [1.54, 1.807) is 6.07 Å². The van der Waals surface area contributed by atoms with Crippen molar-refractivity contribution in [3.63, 3.8) is 0 Å². The average molecular weight is 304 g/mol. The van der Waals surface area contributed by atoms with Gasteiger partial charge in [0.25, 0.3) is 0 Å². The molecule has 0 aliphatic carbocycles. The molecule has 0 atom stereocenters. The summed E-state index contributed by atoms with van der Waals surface area (Å²) in [5.41, 5.74) is 4.90. The van der Waals surface area contributed by atoms with Crippen LogP contribution in [0.3, 0.4) is 0 Å². The van der Waals surface area contributed by atoms with Crippen LogP contribution in [-0.4, -0.2) is 14.7 Å². The van der Waals surface area contributed by atoms with E-state index in [0.29, 0.717) is 5.69 Å². The summed E-state index contributed by atoms with van der Waals surface area (Å²) in [7, 11) is -3.24. The van der Waals surface area contributed by atoms with Crippen molar-refractivity contribution in [2.45, 2.75) is 20.4 Å². The standard InChI is InChI=1S/C16H20N2O2S/c1-12-4-6-14(7-5-12)11-17-15-8-9-16(13(2)10-15)18-21(3,19)20/h4-10,17-18H,11H2,1-3H3. The zero-order chi connectivity index (χ0) is 15.5. The molecule has 0 unspecified atom stereocenters. The van der Waals surface area contributed by atoms with Gasteiger partial charge in [-0.25, -0.2) is 8.42 Å². The van der Waals surface area contributed by atoms with E-state index in [0.717, 1.165) is 24.1 Å². The van der Waals surface area contributed by atoms with Gasteiger partial charge in [-0.3, -0.25) is 4.72 Å². The van der Waals surface area contributed by atoms with E-state index >= 15 is 0 Å². The Morgan fingerprint density at radius 2 is 1.67 bits per heavy atom. The quantitative estimate of drug-likeness (QED) is 0.891. The summed E-state index contributed by atoms with van der Waals surface area (Å²) in [5.74, 6) is 0. The molecule has 0 saturated heterocycles. The highest BCUT2D eigenvalue weighted by Gasteiger charge is 2.05. The smallest absolute Gasteiger partial charge is 0.229 e. The molecule has 0 spiro atoms. The first-order valence-electron chi connectivity index (χ1n) is 6.71. The van der Waals surface area contributed by atoms with Crippen molar-refractivity contribution in [2.75, 3.05) is 16.3 Å². The Hall–Kier alpha value is -2.01. The molecule has 0 radical (unpaired) electrons. The number of sulfonamides is 1. The second-order valence-electron chi connectivity index (χ2n) is 5.24. The van der Waals surface area contributed by atoms with E-state index in [2.05, 4.69) is 41.2 Å². The summed E-state index contributed by atoms with van der Waals surface area (Å²) in [6.07, 6.45) is 1.15. The minimum atomic E-state index is -3.24. The fourth-order valence-corrected chi connectivity index (χ4v) is 2.63. The van der Waals surface area contributed by atoms with Gasteiger partial charge in [-0.05, 0) is 43.2 Å². The largest absolute Gasteiger partial charge is 0.381 e. The Kier molecular flexibility index (Phi) is 4.53. The van der Waals surface area contributed by atoms with Crippen LogP contribution < -0.4 is 10.0 Å². The van der Waals surface area contributed by atoms with Gasteiger partial charge >= 0.3 is 0 Å². The second-order valence-corrected chi connectivity index (χ2v) is 6.99. The van der Waals surface area contributed by atoms with Crippen LogP contribution >= 0.6 is 0 Å². The Morgan fingerprint density at radius 1 is 1.00 bits per heavy atom. The van der Waals surface area contributed by atoms with Crippen LogP contribution in [0, 0.1) is 13.8 Å². The number of nitrogens with one attached hydrogen (secondary N) is 2. The Balaban J connectivity index is 2.05. The SMILES string of the molecule is Cc1ccc(CNc2ccc(NS(C)(=O)=O)c(C)c2)cc1. The van der Waals surface area contributed by atoms with Gasteiger partial charge in [0.15, 0.2) is 0 Å². The van der Waals surface area contributed by atoms with E-state index in [1.165, 1.54) is 11.1 Å². The van der Waals surface area contributed by atoms with Crippen molar-refractivity contribution in [1.82, 2.24) is 0 Å². The molecule has 0 aliphatic rings. The van der Waals surface area contributed by atoms with Crippen molar-refractivity contribution >= 4 is 21.4 Å². The molecule has 0 amide bonds. The molecule has 0 saturated carbocycles. The highest BCUT2D eigenvalue weighted by molar-refractivity contribution is 7.92. The Labute approximate surface area is 126 Å². The van der Waals surface area contributed by atoms with Crippen LogP contribution in [0.15, 0.2) is 42.5 Å². The monoisotopic (exact) mass is 304 g/mol. The van der Waals surface area contributed by atoms with E-state index in [4.69, 9.17) is 0 Å². The normalized spacial score (nSPS) is 11.2. The van der Waals surface area contributed by atoms with Gasteiger partial charge in [-0.1, -0.05) is 29.8 Å². The van der Waals surface area contributed by atoms with Gasteiger partial charge in [0, 0.05) is 12.2 Å². The summed E-state index contributed by atoms with van der Waals surface area (Å²) < 4.78 is 25.0. The highest BCUT2D eigenvalue weighted by atomic mass is 32.2. The lowest BCUT2D eigenvalue weighted by molar-refractivity contribution is 0.607. The lowest BCUT2D eigenvalue weighted by Gasteiger charge is -2.11. The van der Waals surface area contributed by atoms with E-state index in [1.807, 2.05) is 19.1 Å². The minimum Gasteiger partial charge on any atom is -0.381 e. The molecule has 0 aromatic heterocycles. The zero-order valence-corrected chi connectivity index (χ0v) is 13.3. The molecule has 5 heteroatoms. The predicted octanol–water partition coefficient (Wildman–Crippen LogP) is 3.29. The lowest BCUT2D eigenvalue weighted by atomic mass is 10.1. The van der Waals surface area contributed by atoms with Crippen LogP contribution in [0.2, 0.25) is 0 Å². The molecule has 21 heavy (non-hydrogen) atoms. The molecule has 2 rings (SSSR count). The number of rotatable bonds is 5. The molecule has 0 fully saturated rings. The predicted molar refractivity (Wildman–Crippen MR) is 88.2 cm³/mol. The van der Waals surface area contributed by atoms with Gasteiger partial charge < -0.3 is 5.32 Å². The number of hydrogen-bond donors (Lipinski definition) is 2. The van der Waals surface area contributed by atoms with E-state index in [-0.39, 0.29) is 0 Å². The summed E-state index contributed by atoms with van der Waals surface area (Å²) in [4.78, 5) is 0. The van der Waals surface area contributed by atoms with Crippen molar-refractivity contribution in [3.8, 4) is 0 Å². The number of anilines is 2. The van der Waals surface area contributed by atoms with Crippen LogP contribution in [-0.2, 0) is 16.6 Å². The maximum absolute atomic E-state index is 11.2. The third kappa shape index (κ3) is 4.79. The Bertz CT molecular complexity index is 722. The molecule has 0 heterocycles. The molecular formula is C16H20N2O2S. The van der Waals surface area contributed by atoms with Crippen LogP contribution in [0.25, 0.3) is 0 Å². The maximum Gasteiger partial charge on any atom is 0.229 e. The fourth-order valence-electron chi connectivity index (χ4n) is 2.00. The van der Waals surface area contributed by atoms with Gasteiger partial charge in [-0.2, -0.15) is 0 Å². The molecular weight excluding hydrogens is 284 g/mol. The molecule has 4 nitrogen and oxygen atoms in total. The first kappa shape index (κ1) is 15.4. The van der Waals surface area contributed by atoms with Crippen molar-refractivity contribution in [1.29, 1.82) is 0 Å². The average Bonchev–Trinajstić information content (AvgIpc) is 2.40. The molecule has 2 N–H and O–H groups in total. The third-order valence-corrected chi connectivity index (χ3v) is 3.73. The van der Waals surface area contributed by atoms with E-state index < -0.39 is 10.0 Å². The Morgan fingerprint density at radius 3 is 2.24 bits per heavy atom. The van der Waals surface area contributed by atoms with Crippen LogP contribution in [0.1, 0.15) is 16.7 Å². The molecule has 0 aliphatic heterocycles. The number of hydrogen-bond acceptors (Lipinski definition) is 3. The highest BCUT2D eigenvalue weighted by Crippen LogP contribution is 2.21. The van der Waals surface area contributed by atoms with Gasteiger partial charge in [0.2, 0.25) is 10.0 Å². The van der Waals surface area contributed by atoms with Crippen LogP contribution in [0.5, 0.6) is 0 Å². The summed E-state index contributed by atoms with van der Waals surface area (Å²) in [6, 6.07) is 13.9. The van der Waals surface area contributed by atoms with Crippen molar-refractivity contribution in [2.24, 2.45) is 0 Å². The van der Waals surface area contributed by atoms with E-state index in [9.17, 15) is 8.42 Å². The fraction of sp³-hybridized carbons (Fsp3) is 0.250. The molecule has 2 aromatic rings.